The Morgan fingerprint density at radius 3 is 3.15 bits per heavy atom. The van der Waals surface area contributed by atoms with Gasteiger partial charge in [0.15, 0.2) is 0 Å². The van der Waals surface area contributed by atoms with Crippen LogP contribution in [-0.4, -0.2) is 12.0 Å². The molecule has 0 fully saturated rings. The summed E-state index contributed by atoms with van der Waals surface area (Å²) < 4.78 is 0. The van der Waals surface area contributed by atoms with Crippen molar-refractivity contribution >= 4 is 23.5 Å². The van der Waals surface area contributed by atoms with Crippen LogP contribution in [0.5, 0.6) is 0 Å². The van der Waals surface area contributed by atoms with E-state index in [-0.39, 0.29) is 6.04 Å². The van der Waals surface area contributed by atoms with Crippen molar-refractivity contribution in [1.29, 1.82) is 0 Å². The standard InChI is InChI=1S/C10H13NS2/c1-12-7-2-3-10-8(6-7)9(11)4-5-13-10/h2-3,6,9H,4-5,11H2,1H3. The quantitative estimate of drug-likeness (QED) is 0.723. The van der Waals surface area contributed by atoms with Crippen LogP contribution in [-0.2, 0) is 0 Å². The van der Waals surface area contributed by atoms with E-state index in [0.717, 1.165) is 12.2 Å². The summed E-state index contributed by atoms with van der Waals surface area (Å²) >= 11 is 3.70. The summed E-state index contributed by atoms with van der Waals surface area (Å²) in [6.07, 6.45) is 3.21. The van der Waals surface area contributed by atoms with E-state index in [9.17, 15) is 0 Å². The third kappa shape index (κ3) is 1.87. The van der Waals surface area contributed by atoms with Gasteiger partial charge in [0.25, 0.3) is 0 Å². The maximum Gasteiger partial charge on any atom is 0.0314 e. The van der Waals surface area contributed by atoms with Crippen LogP contribution in [0, 0.1) is 0 Å². The summed E-state index contributed by atoms with van der Waals surface area (Å²) in [4.78, 5) is 2.69. The van der Waals surface area contributed by atoms with Crippen LogP contribution >= 0.6 is 23.5 Å². The number of benzene rings is 1. The molecule has 0 aliphatic carbocycles. The zero-order valence-electron chi connectivity index (χ0n) is 7.62. The second-order valence-corrected chi connectivity index (χ2v) is 5.16. The Balaban J connectivity index is 2.41. The summed E-state index contributed by atoms with van der Waals surface area (Å²) in [6.45, 7) is 0. The average molecular weight is 211 g/mol. The minimum Gasteiger partial charge on any atom is -0.324 e. The minimum atomic E-state index is 0.253. The predicted octanol–water partition coefficient (Wildman–Crippen LogP) is 2.90. The molecular weight excluding hydrogens is 198 g/mol. The predicted molar refractivity (Wildman–Crippen MR) is 60.5 cm³/mol. The molecule has 13 heavy (non-hydrogen) atoms. The van der Waals surface area contributed by atoms with Gasteiger partial charge in [-0.05, 0) is 42.2 Å². The van der Waals surface area contributed by atoms with Gasteiger partial charge in [-0.25, -0.2) is 0 Å². The highest BCUT2D eigenvalue weighted by molar-refractivity contribution is 7.99. The minimum absolute atomic E-state index is 0.253. The molecule has 2 N–H and O–H groups in total. The number of hydrogen-bond acceptors (Lipinski definition) is 3. The molecule has 0 spiro atoms. The summed E-state index contributed by atoms with van der Waals surface area (Å²) in [5.74, 6) is 1.16. The second kappa shape index (κ2) is 3.95. The average Bonchev–Trinajstić information content (AvgIpc) is 2.18. The Kier molecular flexibility index (Phi) is 2.86. The van der Waals surface area contributed by atoms with Crippen LogP contribution in [0.15, 0.2) is 28.0 Å². The Labute approximate surface area is 87.5 Å². The largest absolute Gasteiger partial charge is 0.324 e. The number of fused-ring (bicyclic) bond motifs is 1. The number of hydrogen-bond donors (Lipinski definition) is 1. The highest BCUT2D eigenvalue weighted by atomic mass is 32.2. The smallest absolute Gasteiger partial charge is 0.0314 e. The molecule has 3 heteroatoms. The molecule has 1 heterocycles. The molecule has 1 unspecified atom stereocenters. The van der Waals surface area contributed by atoms with E-state index in [1.165, 1.54) is 15.4 Å². The SMILES string of the molecule is CSc1ccc2c(c1)C(N)CCS2. The van der Waals surface area contributed by atoms with Crippen LogP contribution in [0.2, 0.25) is 0 Å². The maximum absolute atomic E-state index is 6.05. The van der Waals surface area contributed by atoms with Crippen molar-refractivity contribution < 1.29 is 0 Å². The van der Waals surface area contributed by atoms with Crippen molar-refractivity contribution in [3.05, 3.63) is 23.8 Å². The lowest BCUT2D eigenvalue weighted by molar-refractivity contribution is 0.678. The summed E-state index contributed by atoms with van der Waals surface area (Å²) in [7, 11) is 0. The second-order valence-electron chi connectivity index (χ2n) is 3.15. The molecule has 0 aromatic heterocycles. The van der Waals surface area contributed by atoms with E-state index < -0.39 is 0 Å². The number of rotatable bonds is 1. The lowest BCUT2D eigenvalue weighted by atomic mass is 10.1. The van der Waals surface area contributed by atoms with E-state index in [2.05, 4.69) is 24.5 Å². The molecule has 2 rings (SSSR count). The Morgan fingerprint density at radius 2 is 2.38 bits per heavy atom. The Hall–Kier alpha value is -0.120. The van der Waals surface area contributed by atoms with Crippen LogP contribution in [0.25, 0.3) is 0 Å². The van der Waals surface area contributed by atoms with Gasteiger partial charge in [-0.3, -0.25) is 0 Å². The van der Waals surface area contributed by atoms with Gasteiger partial charge in [-0.15, -0.1) is 23.5 Å². The van der Waals surface area contributed by atoms with Crippen molar-refractivity contribution in [2.75, 3.05) is 12.0 Å². The highest BCUT2D eigenvalue weighted by Crippen LogP contribution is 2.36. The van der Waals surface area contributed by atoms with E-state index >= 15 is 0 Å². The first kappa shape index (κ1) is 9.44. The zero-order chi connectivity index (χ0) is 9.26. The molecular formula is C10H13NS2. The van der Waals surface area contributed by atoms with Gasteiger partial charge in [-0.1, -0.05) is 0 Å². The Bertz CT molecular complexity index is 312. The maximum atomic E-state index is 6.05. The topological polar surface area (TPSA) is 26.0 Å². The first-order chi connectivity index (χ1) is 6.31. The molecule has 1 aromatic carbocycles. The fourth-order valence-corrected chi connectivity index (χ4v) is 3.11. The molecule has 1 aliphatic rings. The third-order valence-electron chi connectivity index (χ3n) is 2.30. The fraction of sp³-hybridized carbons (Fsp3) is 0.400. The van der Waals surface area contributed by atoms with Gasteiger partial charge in [0.1, 0.15) is 0 Å². The third-order valence-corrected chi connectivity index (χ3v) is 4.15. The molecule has 1 aromatic rings. The molecule has 70 valence electrons. The summed E-state index contributed by atoms with van der Waals surface area (Å²) in [6, 6.07) is 6.86. The van der Waals surface area contributed by atoms with Crippen molar-refractivity contribution in [3.8, 4) is 0 Å². The zero-order valence-corrected chi connectivity index (χ0v) is 9.25. The fourth-order valence-electron chi connectivity index (χ4n) is 1.53. The van der Waals surface area contributed by atoms with Gasteiger partial charge in [0.05, 0.1) is 0 Å². The molecule has 0 saturated carbocycles. The first-order valence-electron chi connectivity index (χ1n) is 4.37. The summed E-state index contributed by atoms with van der Waals surface area (Å²) in [5.41, 5.74) is 7.38. The summed E-state index contributed by atoms with van der Waals surface area (Å²) in [5, 5.41) is 0. The lowest BCUT2D eigenvalue weighted by Crippen LogP contribution is -2.15. The van der Waals surface area contributed by atoms with Gasteiger partial charge in [0.2, 0.25) is 0 Å². The van der Waals surface area contributed by atoms with E-state index in [0.29, 0.717) is 0 Å². The molecule has 1 aliphatic heterocycles. The molecule has 1 atom stereocenters. The van der Waals surface area contributed by atoms with E-state index in [4.69, 9.17) is 5.73 Å². The van der Waals surface area contributed by atoms with Crippen molar-refractivity contribution in [1.82, 2.24) is 0 Å². The van der Waals surface area contributed by atoms with Crippen molar-refractivity contribution in [2.45, 2.75) is 22.3 Å². The molecule has 0 saturated heterocycles. The molecule has 1 nitrogen and oxygen atoms in total. The van der Waals surface area contributed by atoms with Crippen LogP contribution in [0.3, 0.4) is 0 Å². The van der Waals surface area contributed by atoms with Crippen LogP contribution in [0.1, 0.15) is 18.0 Å². The van der Waals surface area contributed by atoms with Gasteiger partial charge in [-0.2, -0.15) is 0 Å². The van der Waals surface area contributed by atoms with Crippen LogP contribution in [0.4, 0.5) is 0 Å². The van der Waals surface area contributed by atoms with Crippen LogP contribution < -0.4 is 5.73 Å². The van der Waals surface area contributed by atoms with E-state index in [1.54, 1.807) is 11.8 Å². The Morgan fingerprint density at radius 1 is 1.54 bits per heavy atom. The van der Waals surface area contributed by atoms with Gasteiger partial charge in [0, 0.05) is 15.8 Å². The number of thioether (sulfide) groups is 2. The molecule has 0 radical (unpaired) electrons. The lowest BCUT2D eigenvalue weighted by Gasteiger charge is -2.21. The normalized spacial score (nSPS) is 21.2. The first-order valence-corrected chi connectivity index (χ1v) is 6.58. The monoisotopic (exact) mass is 211 g/mol. The molecule has 0 bridgehead atoms. The highest BCUT2D eigenvalue weighted by Gasteiger charge is 2.16. The molecule has 0 amide bonds. The van der Waals surface area contributed by atoms with E-state index in [1.807, 2.05) is 11.8 Å². The van der Waals surface area contributed by atoms with Gasteiger partial charge >= 0.3 is 0 Å². The van der Waals surface area contributed by atoms with Gasteiger partial charge < -0.3 is 5.73 Å². The number of nitrogens with two attached hydrogens (primary N) is 1. The van der Waals surface area contributed by atoms with Crippen molar-refractivity contribution in [3.63, 3.8) is 0 Å². The van der Waals surface area contributed by atoms with Crippen molar-refractivity contribution in [2.24, 2.45) is 5.73 Å².